The summed E-state index contributed by atoms with van der Waals surface area (Å²) >= 11 is 0. The molecule has 26 heavy (non-hydrogen) atoms. The minimum atomic E-state index is 0.00137. The zero-order valence-corrected chi connectivity index (χ0v) is 14.5. The largest absolute Gasteiger partial charge is 0.492 e. The lowest BCUT2D eigenvalue weighted by Crippen LogP contribution is -2.48. The van der Waals surface area contributed by atoms with Crippen molar-refractivity contribution in [1.29, 1.82) is 0 Å². The molecule has 2 N–H and O–H groups in total. The minimum absolute atomic E-state index is 0.00137. The van der Waals surface area contributed by atoms with E-state index in [4.69, 9.17) is 4.74 Å². The van der Waals surface area contributed by atoms with Crippen molar-refractivity contribution in [2.45, 2.75) is 6.54 Å². The maximum atomic E-state index is 11.6. The Morgan fingerprint density at radius 1 is 1.00 bits per heavy atom. The van der Waals surface area contributed by atoms with Crippen LogP contribution in [0.4, 0.5) is 0 Å². The summed E-state index contributed by atoms with van der Waals surface area (Å²) in [5.74, 6) is 0.890. The van der Waals surface area contributed by atoms with Crippen LogP contribution in [0, 0.1) is 0 Å². The molecule has 0 aliphatic carbocycles. The van der Waals surface area contributed by atoms with Gasteiger partial charge in [0.2, 0.25) is 5.91 Å². The summed E-state index contributed by atoms with van der Waals surface area (Å²) in [7, 11) is 0. The molecule has 2 aromatic rings. The van der Waals surface area contributed by atoms with Gasteiger partial charge in [0.1, 0.15) is 12.4 Å². The van der Waals surface area contributed by atoms with E-state index >= 15 is 0 Å². The summed E-state index contributed by atoms with van der Waals surface area (Å²) < 4.78 is 5.79. The Morgan fingerprint density at radius 3 is 2.62 bits per heavy atom. The molecule has 1 saturated heterocycles. The summed E-state index contributed by atoms with van der Waals surface area (Å²) in [5, 5.41) is 5.65. The number of benzene rings is 2. The number of piperazine rings is 1. The number of rotatable bonds is 5. The minimum Gasteiger partial charge on any atom is -0.492 e. The van der Waals surface area contributed by atoms with Crippen molar-refractivity contribution < 1.29 is 14.3 Å². The number of carbonyl (C=O) groups is 2. The first-order valence-electron chi connectivity index (χ1n) is 8.82. The highest BCUT2D eigenvalue weighted by atomic mass is 16.5. The molecule has 6 heteroatoms. The van der Waals surface area contributed by atoms with Crippen LogP contribution in [0.3, 0.4) is 0 Å². The number of ether oxygens (including phenoxy) is 1. The van der Waals surface area contributed by atoms with Crippen LogP contribution in [0.5, 0.6) is 5.75 Å². The van der Waals surface area contributed by atoms with Crippen molar-refractivity contribution in [2.75, 3.05) is 32.8 Å². The average molecular weight is 351 g/mol. The van der Waals surface area contributed by atoms with E-state index in [-0.39, 0.29) is 11.8 Å². The lowest BCUT2D eigenvalue weighted by atomic mass is 10.0. The SMILES string of the molecule is O=C1CN(CCOc2ccc(-c3ccc4c(c3)CNC4=O)cc2)CCN1. The second kappa shape index (κ2) is 7.17. The Hall–Kier alpha value is -2.86. The highest BCUT2D eigenvalue weighted by Gasteiger charge is 2.19. The maximum absolute atomic E-state index is 11.6. The van der Waals surface area contributed by atoms with Crippen molar-refractivity contribution in [3.05, 3.63) is 53.6 Å². The Labute approximate surface area is 152 Å². The van der Waals surface area contributed by atoms with E-state index < -0.39 is 0 Å². The van der Waals surface area contributed by atoms with Gasteiger partial charge in [0, 0.05) is 31.7 Å². The van der Waals surface area contributed by atoms with Gasteiger partial charge in [-0.15, -0.1) is 0 Å². The quantitative estimate of drug-likeness (QED) is 0.854. The fourth-order valence-electron chi connectivity index (χ4n) is 3.33. The zero-order valence-electron chi connectivity index (χ0n) is 14.5. The van der Waals surface area contributed by atoms with Crippen LogP contribution >= 0.6 is 0 Å². The second-order valence-corrected chi connectivity index (χ2v) is 6.55. The molecule has 1 fully saturated rings. The number of carbonyl (C=O) groups excluding carboxylic acids is 2. The van der Waals surface area contributed by atoms with Crippen LogP contribution in [-0.4, -0.2) is 49.5 Å². The molecule has 0 aromatic heterocycles. The van der Waals surface area contributed by atoms with Gasteiger partial charge in [0.25, 0.3) is 5.91 Å². The number of hydrogen-bond acceptors (Lipinski definition) is 4. The highest BCUT2D eigenvalue weighted by Crippen LogP contribution is 2.26. The Morgan fingerprint density at radius 2 is 1.81 bits per heavy atom. The topological polar surface area (TPSA) is 70.7 Å². The van der Waals surface area contributed by atoms with Gasteiger partial charge < -0.3 is 15.4 Å². The van der Waals surface area contributed by atoms with Crippen molar-refractivity contribution in [1.82, 2.24) is 15.5 Å². The van der Waals surface area contributed by atoms with E-state index in [0.717, 1.165) is 41.1 Å². The van der Waals surface area contributed by atoms with Crippen molar-refractivity contribution in [2.24, 2.45) is 0 Å². The van der Waals surface area contributed by atoms with Gasteiger partial charge in [-0.05, 0) is 41.0 Å². The van der Waals surface area contributed by atoms with Gasteiger partial charge in [0.15, 0.2) is 0 Å². The molecule has 2 aliphatic heterocycles. The fraction of sp³-hybridized carbons (Fsp3) is 0.300. The van der Waals surface area contributed by atoms with Crippen LogP contribution in [0.1, 0.15) is 15.9 Å². The summed E-state index contributed by atoms with van der Waals surface area (Å²) in [6.07, 6.45) is 0. The molecule has 134 valence electrons. The smallest absolute Gasteiger partial charge is 0.251 e. The number of fused-ring (bicyclic) bond motifs is 1. The van der Waals surface area contributed by atoms with Gasteiger partial charge in [-0.2, -0.15) is 0 Å². The van der Waals surface area contributed by atoms with Crippen LogP contribution in [0.15, 0.2) is 42.5 Å². The summed E-state index contributed by atoms with van der Waals surface area (Å²) in [6.45, 7) is 3.90. The lowest BCUT2D eigenvalue weighted by molar-refractivity contribution is -0.124. The maximum Gasteiger partial charge on any atom is 0.251 e. The van der Waals surface area contributed by atoms with E-state index in [1.54, 1.807) is 0 Å². The third-order valence-corrected chi connectivity index (χ3v) is 4.77. The van der Waals surface area contributed by atoms with Gasteiger partial charge in [-0.25, -0.2) is 0 Å². The van der Waals surface area contributed by atoms with Gasteiger partial charge in [-0.3, -0.25) is 14.5 Å². The fourth-order valence-corrected chi connectivity index (χ4v) is 3.33. The van der Waals surface area contributed by atoms with Crippen LogP contribution in [0.25, 0.3) is 11.1 Å². The first-order valence-corrected chi connectivity index (χ1v) is 8.82. The Kier molecular flexibility index (Phi) is 4.58. The second-order valence-electron chi connectivity index (χ2n) is 6.55. The molecular formula is C20H21N3O3. The van der Waals surface area contributed by atoms with Crippen molar-refractivity contribution in [3.63, 3.8) is 0 Å². The predicted octanol–water partition coefficient (Wildman–Crippen LogP) is 1.41. The van der Waals surface area contributed by atoms with Crippen LogP contribution in [-0.2, 0) is 11.3 Å². The van der Waals surface area contributed by atoms with Crippen LogP contribution < -0.4 is 15.4 Å². The van der Waals surface area contributed by atoms with E-state index in [2.05, 4.69) is 21.6 Å². The molecule has 0 saturated carbocycles. The molecule has 0 spiro atoms. The molecule has 2 aliphatic rings. The third-order valence-electron chi connectivity index (χ3n) is 4.77. The summed E-state index contributed by atoms with van der Waals surface area (Å²) in [5.41, 5.74) is 3.98. The third kappa shape index (κ3) is 3.55. The molecule has 0 radical (unpaired) electrons. The van der Waals surface area contributed by atoms with Crippen LogP contribution in [0.2, 0.25) is 0 Å². The zero-order chi connectivity index (χ0) is 17.9. The van der Waals surface area contributed by atoms with E-state index in [0.29, 0.717) is 26.2 Å². The van der Waals surface area contributed by atoms with E-state index in [1.807, 2.05) is 36.4 Å². The van der Waals surface area contributed by atoms with E-state index in [9.17, 15) is 9.59 Å². The Balaban J connectivity index is 1.35. The number of amides is 2. The number of nitrogens with zero attached hydrogens (tertiary/aromatic N) is 1. The van der Waals surface area contributed by atoms with E-state index in [1.165, 1.54) is 0 Å². The van der Waals surface area contributed by atoms with Gasteiger partial charge in [0.05, 0.1) is 6.54 Å². The van der Waals surface area contributed by atoms with Gasteiger partial charge in [-0.1, -0.05) is 18.2 Å². The Bertz CT molecular complexity index is 833. The normalized spacial score (nSPS) is 16.8. The lowest BCUT2D eigenvalue weighted by Gasteiger charge is -2.26. The first kappa shape index (κ1) is 16.6. The standard InChI is InChI=1S/C20H21N3O3/c24-19-13-23(8-7-21-19)9-10-26-17-4-1-14(2-5-17)15-3-6-18-16(11-15)12-22-20(18)25/h1-6,11H,7-10,12-13H2,(H,21,24)(H,22,25). The molecule has 4 rings (SSSR count). The van der Waals surface area contributed by atoms with Gasteiger partial charge >= 0.3 is 0 Å². The summed E-state index contributed by atoms with van der Waals surface area (Å²) in [6, 6.07) is 13.9. The van der Waals surface area contributed by atoms with Crippen molar-refractivity contribution in [3.8, 4) is 16.9 Å². The van der Waals surface area contributed by atoms with Crippen molar-refractivity contribution >= 4 is 11.8 Å². The highest BCUT2D eigenvalue weighted by molar-refractivity contribution is 5.98. The molecule has 0 unspecified atom stereocenters. The summed E-state index contributed by atoms with van der Waals surface area (Å²) in [4.78, 5) is 25.1. The predicted molar refractivity (Wildman–Crippen MR) is 98.0 cm³/mol. The molecule has 2 aromatic carbocycles. The molecule has 0 atom stereocenters. The molecule has 6 nitrogen and oxygen atoms in total. The molecule has 2 amide bonds. The monoisotopic (exact) mass is 351 g/mol. The number of hydrogen-bond donors (Lipinski definition) is 2. The molecule has 0 bridgehead atoms. The molecule has 2 heterocycles. The molecular weight excluding hydrogens is 330 g/mol. The first-order chi connectivity index (χ1) is 12.7. The number of nitrogens with one attached hydrogen (secondary N) is 2. The average Bonchev–Trinajstić information content (AvgIpc) is 3.03.